The van der Waals surface area contributed by atoms with Gasteiger partial charge in [-0.05, 0) is 80.4 Å². The highest BCUT2D eigenvalue weighted by molar-refractivity contribution is 5.87. The van der Waals surface area contributed by atoms with Crippen molar-refractivity contribution in [1.29, 1.82) is 0 Å². The minimum Gasteiger partial charge on any atom is -0.479 e. The number of carbonyl (C=O) groups is 2. The quantitative estimate of drug-likeness (QED) is 0.462. The molecule has 5 fully saturated rings. The van der Waals surface area contributed by atoms with Crippen molar-refractivity contribution in [2.24, 2.45) is 34.5 Å². The predicted molar refractivity (Wildman–Crippen MR) is 116 cm³/mol. The molecule has 4 N–H and O–H groups in total. The number of Topliss-reactive ketones (excluding diaryl/α,β-unsaturated/α-hetero) is 1. The van der Waals surface area contributed by atoms with E-state index in [-0.39, 0.29) is 23.7 Å². The zero-order valence-corrected chi connectivity index (χ0v) is 19.4. The normalized spacial score (nSPS) is 56.7. The van der Waals surface area contributed by atoms with Crippen molar-refractivity contribution >= 4 is 11.8 Å². The molecule has 0 aromatic rings. The van der Waals surface area contributed by atoms with E-state index in [0.29, 0.717) is 30.5 Å². The van der Waals surface area contributed by atoms with Gasteiger partial charge in [0, 0.05) is 14.6 Å². The molecule has 4 aliphatic carbocycles. The second-order valence-corrected chi connectivity index (χ2v) is 11.5. The number of carbonyl (C=O) groups excluding carboxylic acids is 1. The molecule has 0 bridgehead atoms. The summed E-state index contributed by atoms with van der Waals surface area (Å²) in [6, 6.07) is 0. The molecule has 0 aromatic heterocycles. The first-order valence-corrected chi connectivity index (χ1v) is 12.4. The predicted octanol–water partition coefficient (Wildman–Crippen LogP) is 1.88. The van der Waals surface area contributed by atoms with E-state index in [9.17, 15) is 30.0 Å². The Kier molecular flexibility index (Phi) is 5.32. The molecule has 0 radical (unpaired) electrons. The number of hydrogen-bond acceptors (Lipinski definition) is 7. The Labute approximate surface area is 197 Å². The number of rotatable bonds is 3. The summed E-state index contributed by atoms with van der Waals surface area (Å²) in [6.07, 6.45) is -5.03. The van der Waals surface area contributed by atoms with Crippen molar-refractivity contribution < 1.29 is 42.2 Å². The number of ether oxygens (including phenoxy) is 2. The minimum absolute atomic E-state index is 0.0329. The highest BCUT2D eigenvalue weighted by Crippen LogP contribution is 2.65. The van der Waals surface area contributed by atoms with Gasteiger partial charge in [0.2, 0.25) is 0 Å². The lowest BCUT2D eigenvalue weighted by molar-refractivity contribution is -0.309. The van der Waals surface area contributed by atoms with Gasteiger partial charge in [0.05, 0.1) is 6.10 Å². The molecule has 1 heterocycles. The van der Waals surface area contributed by atoms with Crippen LogP contribution < -0.4 is 0 Å². The topological polar surface area (TPSA) is 134 Å². The number of hydrogen-bond donors (Lipinski definition) is 4. The highest BCUT2D eigenvalue weighted by atomic mass is 16.7. The number of fused-ring (bicyclic) bond motifs is 5. The van der Waals surface area contributed by atoms with Gasteiger partial charge in [-0.25, -0.2) is 4.79 Å². The van der Waals surface area contributed by atoms with Crippen molar-refractivity contribution in [2.75, 3.05) is 0 Å². The van der Waals surface area contributed by atoms with Crippen molar-refractivity contribution in [3.05, 3.63) is 0 Å². The monoisotopic (exact) mass is 468 g/mol. The summed E-state index contributed by atoms with van der Waals surface area (Å²) in [4.78, 5) is 24.1. The second kappa shape index (κ2) is 8.26. The van der Waals surface area contributed by atoms with Crippen LogP contribution in [0.2, 0.25) is 0 Å². The van der Waals surface area contributed by atoms with Crippen molar-refractivity contribution in [3.63, 3.8) is 0 Å². The van der Waals surface area contributed by atoms with Gasteiger partial charge in [0.15, 0.2) is 12.4 Å². The van der Waals surface area contributed by atoms with E-state index in [4.69, 9.17) is 12.2 Å². The van der Waals surface area contributed by atoms with Crippen LogP contribution in [0.4, 0.5) is 0 Å². The molecule has 5 aliphatic rings. The van der Waals surface area contributed by atoms with Crippen molar-refractivity contribution in [3.8, 4) is 0 Å². The maximum absolute atomic E-state index is 12.7. The average Bonchev–Trinajstić information content (AvgIpc) is 3.09. The van der Waals surface area contributed by atoms with Crippen LogP contribution in [0.5, 0.6) is 0 Å². The SMILES string of the molecule is [2H]C1([2H])C[C@@H](OC2O[C@H](C(=O)O)[C@@H](O)[C@H](O)[C@H]2O)CC2CC[C@@H]3[C@H](CC[C@]4(C)C(=O)CC[C@@H]34)[C@]21C. The maximum atomic E-state index is 12.7. The van der Waals surface area contributed by atoms with Crippen LogP contribution in [0.15, 0.2) is 0 Å². The average molecular weight is 469 g/mol. The summed E-state index contributed by atoms with van der Waals surface area (Å²) in [6.45, 7) is 4.18. The summed E-state index contributed by atoms with van der Waals surface area (Å²) in [5, 5.41) is 39.7. The number of carboxylic acids is 1. The van der Waals surface area contributed by atoms with Gasteiger partial charge in [0.1, 0.15) is 24.1 Å². The summed E-state index contributed by atoms with van der Waals surface area (Å²) in [5.41, 5.74) is -0.841. The van der Waals surface area contributed by atoms with Crippen LogP contribution in [0.1, 0.15) is 74.3 Å². The molecule has 8 heteroatoms. The molecular formula is C25H38O8. The third-order valence-electron chi connectivity index (χ3n) is 10.0. The van der Waals surface area contributed by atoms with Gasteiger partial charge in [-0.1, -0.05) is 13.8 Å². The van der Waals surface area contributed by atoms with Crippen LogP contribution in [0.25, 0.3) is 0 Å². The van der Waals surface area contributed by atoms with E-state index < -0.39 is 54.6 Å². The van der Waals surface area contributed by atoms with Crippen LogP contribution in [-0.2, 0) is 19.1 Å². The van der Waals surface area contributed by atoms with E-state index in [1.54, 1.807) is 0 Å². The van der Waals surface area contributed by atoms with Gasteiger partial charge in [-0.15, -0.1) is 0 Å². The lowest BCUT2D eigenvalue weighted by Crippen LogP contribution is -2.61. The highest BCUT2D eigenvalue weighted by Gasteiger charge is 2.60. The molecule has 1 aliphatic heterocycles. The summed E-state index contributed by atoms with van der Waals surface area (Å²) in [5.74, 6) is -0.229. The molecule has 0 amide bonds. The lowest BCUT2D eigenvalue weighted by Gasteiger charge is -2.60. The first kappa shape index (κ1) is 21.2. The Hall–Kier alpha value is -1.06. The molecule has 2 unspecified atom stereocenters. The van der Waals surface area contributed by atoms with Crippen LogP contribution in [-0.4, -0.2) is 69.0 Å². The van der Waals surface area contributed by atoms with Gasteiger partial charge in [0.25, 0.3) is 0 Å². The first-order valence-electron chi connectivity index (χ1n) is 13.4. The Morgan fingerprint density at radius 3 is 2.55 bits per heavy atom. The fourth-order valence-electron chi connectivity index (χ4n) is 8.03. The smallest absolute Gasteiger partial charge is 0.335 e. The maximum Gasteiger partial charge on any atom is 0.335 e. The molecule has 0 spiro atoms. The number of aliphatic hydroxyl groups is 3. The fourth-order valence-corrected chi connectivity index (χ4v) is 8.03. The summed E-state index contributed by atoms with van der Waals surface area (Å²) in [7, 11) is 0. The Morgan fingerprint density at radius 1 is 1.06 bits per heavy atom. The van der Waals surface area contributed by atoms with E-state index >= 15 is 0 Å². The fraction of sp³-hybridized carbons (Fsp3) is 0.920. The van der Waals surface area contributed by atoms with Gasteiger partial charge in [-0.2, -0.15) is 0 Å². The molecular weight excluding hydrogens is 428 g/mol. The Morgan fingerprint density at radius 2 is 1.82 bits per heavy atom. The molecule has 5 rings (SSSR count). The molecule has 1 saturated heterocycles. The molecule has 33 heavy (non-hydrogen) atoms. The van der Waals surface area contributed by atoms with E-state index in [0.717, 1.165) is 32.1 Å². The second-order valence-electron chi connectivity index (χ2n) is 11.5. The van der Waals surface area contributed by atoms with E-state index in [1.807, 2.05) is 0 Å². The van der Waals surface area contributed by atoms with Gasteiger partial charge < -0.3 is 29.9 Å². The first-order chi connectivity index (χ1) is 16.3. The molecule has 0 aromatic carbocycles. The largest absolute Gasteiger partial charge is 0.479 e. The minimum atomic E-state index is -1.79. The Balaban J connectivity index is 1.34. The number of carboxylic acid groups (broad SMARTS) is 1. The van der Waals surface area contributed by atoms with Crippen LogP contribution in [0.3, 0.4) is 0 Å². The molecule has 8 nitrogen and oxygen atoms in total. The molecule has 4 saturated carbocycles. The molecule has 186 valence electrons. The van der Waals surface area contributed by atoms with Crippen LogP contribution >= 0.6 is 0 Å². The number of aliphatic carboxylic acids is 1. The Bertz CT molecular complexity index is 884. The van der Waals surface area contributed by atoms with E-state index in [1.165, 1.54) is 0 Å². The standard InChI is InChI=1S/C25H38O8/c1-24-9-7-13(32-23-20(29)18(27)19(28)21(33-23)22(30)31)11-12(24)3-4-14-15-5-6-17(26)25(15,2)10-8-16(14)24/h12-16,18-21,23,27-29H,3-11H2,1-2H3,(H,30,31)/t12?,13-,14+,15+,16+,18+,19+,20-,21+,23?,24+,25+/m1/s1/i9D2. The third kappa shape index (κ3) is 3.59. The van der Waals surface area contributed by atoms with Crippen molar-refractivity contribution in [1.82, 2.24) is 0 Å². The zero-order valence-electron chi connectivity index (χ0n) is 21.4. The molecule has 12 atom stereocenters. The third-order valence-corrected chi connectivity index (χ3v) is 10.0. The van der Waals surface area contributed by atoms with Crippen molar-refractivity contribution in [2.45, 2.75) is 108 Å². The van der Waals surface area contributed by atoms with E-state index in [2.05, 4.69) is 13.8 Å². The van der Waals surface area contributed by atoms with Gasteiger partial charge >= 0.3 is 5.97 Å². The van der Waals surface area contributed by atoms with Gasteiger partial charge in [-0.3, -0.25) is 4.79 Å². The number of ketones is 1. The summed E-state index contributed by atoms with van der Waals surface area (Å²) < 4.78 is 29.5. The van der Waals surface area contributed by atoms with Crippen LogP contribution in [0, 0.1) is 34.5 Å². The lowest BCUT2D eigenvalue weighted by atomic mass is 9.45. The zero-order chi connectivity index (χ0) is 25.5. The summed E-state index contributed by atoms with van der Waals surface area (Å²) >= 11 is 0. The number of aliphatic hydroxyl groups excluding tert-OH is 3.